The summed E-state index contributed by atoms with van der Waals surface area (Å²) in [5.74, 6) is -5.36. The fourth-order valence-corrected chi connectivity index (χ4v) is 9.56. The number of ketones is 1. The largest absolute Gasteiger partial charge is 0.456 e. The average Bonchev–Trinajstić information content (AvgIpc) is 3.14. The molecule has 15 heteroatoms. The van der Waals surface area contributed by atoms with E-state index in [1.807, 2.05) is 0 Å². The zero-order valence-electron chi connectivity index (χ0n) is 33.9. The average molecular weight is 808 g/mol. The second kappa shape index (κ2) is 15.2. The van der Waals surface area contributed by atoms with Gasteiger partial charge in [-0.25, -0.2) is 14.4 Å². The topological polar surface area (TPSA) is 224 Å². The third-order valence-electron chi connectivity index (χ3n) is 12.6. The zero-order valence-corrected chi connectivity index (χ0v) is 33.9. The predicted molar refractivity (Wildman–Crippen MR) is 204 cm³/mol. The number of amides is 1. The van der Waals surface area contributed by atoms with Gasteiger partial charge < -0.3 is 49.4 Å². The number of Topliss-reactive ketones (excluding diaryl/α,β-unsaturated/α-hetero) is 1. The first-order valence-corrected chi connectivity index (χ1v) is 19.3. The van der Waals surface area contributed by atoms with E-state index in [2.05, 4.69) is 5.32 Å². The molecule has 0 radical (unpaired) electrons. The number of esters is 3. The van der Waals surface area contributed by atoms with Crippen molar-refractivity contribution in [1.82, 2.24) is 5.32 Å². The van der Waals surface area contributed by atoms with E-state index in [1.54, 1.807) is 83.1 Å². The molecule has 2 bridgehead atoms. The molecule has 2 aromatic carbocycles. The molecule has 1 heterocycles. The Balaban J connectivity index is 1.49. The number of carbonyl (C=O) groups excluding carboxylic acids is 5. The molecular weight excluding hydrogens is 754 g/mol. The van der Waals surface area contributed by atoms with Gasteiger partial charge in [-0.05, 0) is 63.5 Å². The van der Waals surface area contributed by atoms with Crippen LogP contribution in [0.1, 0.15) is 90.2 Å². The van der Waals surface area contributed by atoms with Gasteiger partial charge in [0.1, 0.15) is 35.6 Å². The predicted octanol–water partition coefficient (Wildman–Crippen LogP) is 3.26. The van der Waals surface area contributed by atoms with E-state index in [0.717, 1.165) is 6.92 Å². The first-order valence-electron chi connectivity index (χ1n) is 19.3. The highest BCUT2D eigenvalue weighted by molar-refractivity contribution is 5.94. The number of rotatable bonds is 8. The van der Waals surface area contributed by atoms with Crippen LogP contribution in [0.2, 0.25) is 0 Å². The van der Waals surface area contributed by atoms with E-state index in [0.29, 0.717) is 5.56 Å². The Morgan fingerprint density at radius 3 is 2.10 bits per heavy atom. The number of hydrogen-bond acceptors (Lipinski definition) is 14. The monoisotopic (exact) mass is 807 g/mol. The highest BCUT2D eigenvalue weighted by atomic mass is 16.6. The van der Waals surface area contributed by atoms with Crippen LogP contribution < -0.4 is 5.32 Å². The first-order chi connectivity index (χ1) is 27.0. The second-order valence-electron chi connectivity index (χ2n) is 17.6. The van der Waals surface area contributed by atoms with E-state index in [-0.39, 0.29) is 29.7 Å². The van der Waals surface area contributed by atoms with Crippen LogP contribution in [0.3, 0.4) is 0 Å². The van der Waals surface area contributed by atoms with E-state index in [9.17, 15) is 44.4 Å². The number of hydrogen-bond donors (Lipinski definition) is 5. The van der Waals surface area contributed by atoms with Gasteiger partial charge >= 0.3 is 24.0 Å². The van der Waals surface area contributed by atoms with Gasteiger partial charge in [-0.2, -0.15) is 0 Å². The summed E-state index contributed by atoms with van der Waals surface area (Å²) >= 11 is 0. The van der Waals surface area contributed by atoms with E-state index in [1.165, 1.54) is 26.0 Å². The van der Waals surface area contributed by atoms with Crippen molar-refractivity contribution < 1.29 is 68.1 Å². The molecule has 1 amide bonds. The lowest BCUT2D eigenvalue weighted by Crippen LogP contribution is -2.81. The van der Waals surface area contributed by atoms with Gasteiger partial charge in [0.05, 0.1) is 35.6 Å². The molecule has 2 aromatic rings. The lowest BCUT2D eigenvalue weighted by molar-refractivity contribution is -0.346. The molecule has 4 aliphatic rings. The van der Waals surface area contributed by atoms with Crippen LogP contribution >= 0.6 is 0 Å². The van der Waals surface area contributed by atoms with Gasteiger partial charge in [0.15, 0.2) is 17.5 Å². The summed E-state index contributed by atoms with van der Waals surface area (Å²) in [5.41, 5.74) is -8.14. The Bertz CT molecular complexity index is 1980. The molecule has 5 N–H and O–H groups in total. The van der Waals surface area contributed by atoms with Crippen molar-refractivity contribution in [2.75, 3.05) is 6.61 Å². The molecule has 314 valence electrons. The molecule has 6 rings (SSSR count). The van der Waals surface area contributed by atoms with Crippen molar-refractivity contribution >= 4 is 29.8 Å². The smallest absolute Gasteiger partial charge is 0.408 e. The van der Waals surface area contributed by atoms with Crippen LogP contribution in [0.25, 0.3) is 0 Å². The molecule has 1 saturated heterocycles. The lowest BCUT2D eigenvalue weighted by atomic mass is 9.44. The van der Waals surface area contributed by atoms with Gasteiger partial charge in [0.25, 0.3) is 0 Å². The maximum absolute atomic E-state index is 14.9. The summed E-state index contributed by atoms with van der Waals surface area (Å²) in [6.07, 6.45) is -11.5. The minimum Gasteiger partial charge on any atom is -0.456 e. The van der Waals surface area contributed by atoms with Gasteiger partial charge in [0.2, 0.25) is 0 Å². The molecule has 58 heavy (non-hydrogen) atoms. The van der Waals surface area contributed by atoms with Crippen molar-refractivity contribution in [1.29, 1.82) is 0 Å². The van der Waals surface area contributed by atoms with E-state index >= 15 is 0 Å². The number of ether oxygens (including phenoxy) is 5. The SMILES string of the molecule is CC(=O)O[C@]12CO[C@H]1C[C@@H](O)[C@]1(C)C(=O)[C@@H](O)C3=C(C)[C@H](OC(=O)[C@@H](O)[C@H](NC(=O)OC(C)(C)C)c4ccccc4)C[C@](O)([C@H](OC(=O)c4ccccc4)C21)C3(C)C. The summed E-state index contributed by atoms with van der Waals surface area (Å²) in [7, 11) is 0. The fraction of sp³-hybridized carbons (Fsp3) is 0.558. The molecule has 15 nitrogen and oxygen atoms in total. The number of nitrogens with one attached hydrogen (secondary N) is 1. The quantitative estimate of drug-likeness (QED) is 0.147. The molecule has 2 saturated carbocycles. The summed E-state index contributed by atoms with van der Waals surface area (Å²) in [6.45, 7) is 11.8. The summed E-state index contributed by atoms with van der Waals surface area (Å²) < 4.78 is 29.5. The minimum atomic E-state index is -2.35. The number of benzene rings is 2. The molecule has 11 atom stereocenters. The van der Waals surface area contributed by atoms with Gasteiger partial charge in [0, 0.05) is 25.2 Å². The normalized spacial score (nSPS) is 33.7. The number of fused-ring (bicyclic) bond motifs is 5. The van der Waals surface area contributed by atoms with Gasteiger partial charge in [-0.1, -0.05) is 62.4 Å². The number of carbonyl (C=O) groups is 5. The zero-order chi connectivity index (χ0) is 42.7. The van der Waals surface area contributed by atoms with Crippen LogP contribution in [0.5, 0.6) is 0 Å². The third-order valence-corrected chi connectivity index (χ3v) is 12.6. The van der Waals surface area contributed by atoms with Crippen molar-refractivity contribution in [3.05, 3.63) is 82.9 Å². The molecule has 0 aromatic heterocycles. The van der Waals surface area contributed by atoms with Crippen molar-refractivity contribution in [3.63, 3.8) is 0 Å². The molecule has 0 spiro atoms. The highest BCUT2D eigenvalue weighted by Crippen LogP contribution is 2.64. The number of aliphatic hydroxyl groups is 4. The first kappa shape index (κ1) is 42.9. The van der Waals surface area contributed by atoms with Crippen LogP contribution in [-0.2, 0) is 38.1 Å². The Morgan fingerprint density at radius 1 is 0.948 bits per heavy atom. The Labute approximate surface area is 336 Å². The molecule has 1 unspecified atom stereocenters. The van der Waals surface area contributed by atoms with Crippen LogP contribution in [0, 0.1) is 16.7 Å². The van der Waals surface area contributed by atoms with Crippen LogP contribution in [0.15, 0.2) is 71.8 Å². The van der Waals surface area contributed by atoms with Crippen molar-refractivity contribution in [2.24, 2.45) is 16.7 Å². The summed E-state index contributed by atoms with van der Waals surface area (Å²) in [6, 6.07) is 14.6. The second-order valence-corrected chi connectivity index (χ2v) is 17.6. The Morgan fingerprint density at radius 2 is 1.55 bits per heavy atom. The summed E-state index contributed by atoms with van der Waals surface area (Å²) in [5, 5.41) is 51.6. The van der Waals surface area contributed by atoms with Crippen molar-refractivity contribution in [3.8, 4) is 0 Å². The molecular formula is C43H53NO14. The molecule has 1 aliphatic heterocycles. The Kier molecular flexibility index (Phi) is 11.2. The standard InChI is InChI=1S/C43H53NO14/c1-22-26(55-37(51)32(48)30(24-15-11-9-12-16-24)44-38(52)58-39(3,4)5)20-43(53)35(56-36(50)25-17-13-10-14-18-25)33-41(8,34(49)31(47)29(22)40(43,6)7)27(46)19-28-42(33,21-54-28)57-23(2)45/h9-18,26-28,30-33,35,46-48,53H,19-21H2,1-8H3,(H,44,52)/t26-,27-,28+,30-,31+,32+,33?,35-,41+,42-,43+/m1/s1. The van der Waals surface area contributed by atoms with Crippen LogP contribution in [-0.4, -0.2) is 110 Å². The third kappa shape index (κ3) is 7.10. The lowest BCUT2D eigenvalue weighted by Gasteiger charge is -2.67. The summed E-state index contributed by atoms with van der Waals surface area (Å²) in [4.78, 5) is 68.9. The number of aliphatic hydroxyl groups excluding tert-OH is 3. The van der Waals surface area contributed by atoms with Crippen molar-refractivity contribution in [2.45, 2.75) is 128 Å². The molecule has 3 fully saturated rings. The van der Waals surface area contributed by atoms with E-state index < -0.39 is 112 Å². The minimum absolute atomic E-state index is 0.0637. The maximum atomic E-state index is 14.9. The van der Waals surface area contributed by atoms with Gasteiger partial charge in [-0.3, -0.25) is 9.59 Å². The molecule has 3 aliphatic carbocycles. The maximum Gasteiger partial charge on any atom is 0.408 e. The Hall–Kier alpha value is -4.67. The highest BCUT2D eigenvalue weighted by Gasteiger charge is 2.78. The number of alkyl carbamates (subject to hydrolysis) is 1. The van der Waals surface area contributed by atoms with Crippen LogP contribution in [0.4, 0.5) is 4.79 Å². The van der Waals surface area contributed by atoms with Gasteiger partial charge in [-0.15, -0.1) is 0 Å². The van der Waals surface area contributed by atoms with E-state index in [4.69, 9.17) is 23.7 Å². The fourth-order valence-electron chi connectivity index (χ4n) is 9.56.